The van der Waals surface area contributed by atoms with Crippen LogP contribution in [0, 0.1) is 24.1 Å². The van der Waals surface area contributed by atoms with E-state index < -0.39 is 29.0 Å². The average molecular weight is 463 g/mol. The van der Waals surface area contributed by atoms with Crippen LogP contribution in [0.15, 0.2) is 30.1 Å². The van der Waals surface area contributed by atoms with E-state index in [1.54, 1.807) is 17.7 Å². The molecule has 5 N–H and O–H groups in total. The number of nitriles is 1. The Hall–Kier alpha value is -4.17. The molecular formula is C23H22FN7O3. The molecule has 1 aliphatic carbocycles. The Morgan fingerprint density at radius 3 is 2.71 bits per heavy atom. The van der Waals surface area contributed by atoms with Crippen LogP contribution in [0.2, 0.25) is 0 Å². The molecule has 34 heavy (non-hydrogen) atoms. The predicted molar refractivity (Wildman–Crippen MR) is 118 cm³/mol. The molecule has 5 rings (SSSR count). The van der Waals surface area contributed by atoms with E-state index in [2.05, 4.69) is 27.0 Å². The highest BCUT2D eigenvalue weighted by atomic mass is 19.1. The molecule has 10 nitrogen and oxygen atoms in total. The van der Waals surface area contributed by atoms with E-state index in [0.717, 1.165) is 24.3 Å². The molecule has 1 aromatic heterocycles. The van der Waals surface area contributed by atoms with Gasteiger partial charge in [-0.05, 0) is 56.4 Å². The van der Waals surface area contributed by atoms with Crippen LogP contribution in [0.5, 0.6) is 0 Å². The number of hydrogen-bond donors (Lipinski definition) is 5. The molecule has 1 aromatic carbocycles. The average Bonchev–Trinajstić information content (AvgIpc) is 3.15. The van der Waals surface area contributed by atoms with Gasteiger partial charge in [0, 0.05) is 24.1 Å². The van der Waals surface area contributed by atoms with Crippen LogP contribution in [-0.2, 0) is 17.8 Å². The van der Waals surface area contributed by atoms with E-state index in [0.29, 0.717) is 37.1 Å². The van der Waals surface area contributed by atoms with E-state index in [1.165, 1.54) is 6.07 Å². The molecule has 0 bridgehead atoms. The van der Waals surface area contributed by atoms with Gasteiger partial charge in [0.1, 0.15) is 11.5 Å². The summed E-state index contributed by atoms with van der Waals surface area (Å²) in [5.74, 6) is -2.60. The fourth-order valence-corrected chi connectivity index (χ4v) is 4.71. The maximum absolute atomic E-state index is 13.8. The van der Waals surface area contributed by atoms with Crippen LogP contribution < -0.4 is 27.0 Å². The topological polar surface area (TPSA) is 140 Å². The summed E-state index contributed by atoms with van der Waals surface area (Å²) in [5.41, 5.74) is 10.3. The summed E-state index contributed by atoms with van der Waals surface area (Å²) in [6.07, 6.45) is 4.40. The van der Waals surface area contributed by atoms with Crippen molar-refractivity contribution in [3.05, 3.63) is 64.0 Å². The lowest BCUT2D eigenvalue weighted by atomic mass is 10.0. The molecule has 174 valence electrons. The fraction of sp³-hybridized carbons (Fsp3) is 0.304. The highest BCUT2D eigenvalue weighted by molar-refractivity contribution is 6.44. The Labute approximate surface area is 194 Å². The molecule has 0 radical (unpaired) electrons. The first-order valence-corrected chi connectivity index (χ1v) is 10.9. The number of ketones is 1. The van der Waals surface area contributed by atoms with Crippen molar-refractivity contribution in [2.24, 2.45) is 0 Å². The lowest BCUT2D eigenvalue weighted by molar-refractivity contribution is -0.117. The highest BCUT2D eigenvalue weighted by Gasteiger charge is 2.50. The zero-order valence-electron chi connectivity index (χ0n) is 18.3. The second-order valence-corrected chi connectivity index (χ2v) is 8.66. The molecule has 1 fully saturated rings. The van der Waals surface area contributed by atoms with Crippen LogP contribution in [0.25, 0.3) is 0 Å². The number of carbonyl (C=O) groups is 3. The molecular weight excluding hydrogens is 441 g/mol. The molecule has 2 aliphatic heterocycles. The second kappa shape index (κ2) is 8.00. The number of fused-ring (bicyclic) bond motifs is 1. The zero-order chi connectivity index (χ0) is 24.0. The van der Waals surface area contributed by atoms with Crippen LogP contribution in [0.1, 0.15) is 56.9 Å². The first-order valence-electron chi connectivity index (χ1n) is 10.9. The highest BCUT2D eigenvalue weighted by Crippen LogP contribution is 2.41. The molecule has 0 saturated heterocycles. The van der Waals surface area contributed by atoms with Gasteiger partial charge >= 0.3 is 0 Å². The van der Waals surface area contributed by atoms with Gasteiger partial charge in [0.05, 0.1) is 28.4 Å². The Balaban J connectivity index is 1.42. The number of rotatable bonds is 6. The summed E-state index contributed by atoms with van der Waals surface area (Å²) in [5, 5.41) is 14.5. The van der Waals surface area contributed by atoms with Crippen molar-refractivity contribution in [1.29, 1.82) is 5.26 Å². The molecule has 2 amide bonds. The van der Waals surface area contributed by atoms with Crippen LogP contribution in [0.3, 0.4) is 0 Å². The minimum Gasteiger partial charge on any atom is -0.340 e. The van der Waals surface area contributed by atoms with Gasteiger partial charge in [-0.1, -0.05) is 0 Å². The molecule has 3 aliphatic rings. The Bertz CT molecular complexity index is 1320. The van der Waals surface area contributed by atoms with Crippen LogP contribution >= 0.6 is 0 Å². The number of anilines is 1. The minimum atomic E-state index is -0.730. The monoisotopic (exact) mass is 463 g/mol. The van der Waals surface area contributed by atoms with E-state index in [-0.39, 0.29) is 22.5 Å². The number of hydrogen-bond acceptors (Lipinski definition) is 7. The van der Waals surface area contributed by atoms with E-state index >= 15 is 0 Å². The lowest BCUT2D eigenvalue weighted by Gasteiger charge is -2.18. The van der Waals surface area contributed by atoms with Gasteiger partial charge in [-0.25, -0.2) is 4.39 Å². The molecule has 2 aromatic rings. The summed E-state index contributed by atoms with van der Waals surface area (Å²) < 4.78 is 15.6. The third-order valence-electron chi connectivity index (χ3n) is 6.45. The smallest absolute Gasteiger partial charge is 0.293 e. The maximum atomic E-state index is 13.8. The molecule has 0 atom stereocenters. The van der Waals surface area contributed by atoms with Gasteiger partial charge in [-0.15, -0.1) is 0 Å². The zero-order valence-corrected chi connectivity index (χ0v) is 18.3. The van der Waals surface area contributed by atoms with Crippen molar-refractivity contribution in [2.75, 3.05) is 5.32 Å². The number of nitrogens with zero attached hydrogens (tertiary/aromatic N) is 2. The van der Waals surface area contributed by atoms with Crippen molar-refractivity contribution in [3.8, 4) is 6.07 Å². The fourth-order valence-electron chi connectivity index (χ4n) is 4.71. The van der Waals surface area contributed by atoms with Crippen molar-refractivity contribution >= 4 is 23.3 Å². The van der Waals surface area contributed by atoms with Crippen LogP contribution in [0.4, 0.5) is 10.1 Å². The van der Waals surface area contributed by atoms with Gasteiger partial charge < -0.3 is 26.1 Å². The van der Waals surface area contributed by atoms with Gasteiger partial charge in [-0.3, -0.25) is 14.4 Å². The summed E-state index contributed by atoms with van der Waals surface area (Å²) in [7, 11) is 0. The van der Waals surface area contributed by atoms with Gasteiger partial charge in [-0.2, -0.15) is 10.8 Å². The normalized spacial score (nSPS) is 17.0. The van der Waals surface area contributed by atoms with Crippen molar-refractivity contribution in [1.82, 2.24) is 26.3 Å². The number of halogens is 1. The third kappa shape index (κ3) is 3.58. The predicted octanol–water partition coefficient (Wildman–Crippen LogP) is 1.29. The van der Waals surface area contributed by atoms with Gasteiger partial charge in [0.15, 0.2) is 0 Å². The Morgan fingerprint density at radius 1 is 1.24 bits per heavy atom. The number of Topliss-reactive ketones (excluding diaryl/α,β-unsaturated/α-hetero) is 1. The maximum Gasteiger partial charge on any atom is 0.293 e. The summed E-state index contributed by atoms with van der Waals surface area (Å²) in [6, 6.07) is 5.40. The Morgan fingerprint density at radius 2 is 2.03 bits per heavy atom. The number of benzene rings is 1. The molecule has 3 heterocycles. The number of nitrogens with one attached hydrogen (secondary N) is 5. The van der Waals surface area contributed by atoms with E-state index in [1.807, 2.05) is 6.07 Å². The minimum absolute atomic E-state index is 0.0752. The number of hydrazine groups is 2. The van der Waals surface area contributed by atoms with Gasteiger partial charge in [0.2, 0.25) is 0 Å². The van der Waals surface area contributed by atoms with Crippen molar-refractivity contribution in [2.45, 2.75) is 44.7 Å². The van der Waals surface area contributed by atoms with Crippen LogP contribution in [-0.4, -0.2) is 27.7 Å². The molecule has 0 unspecified atom stereocenters. The summed E-state index contributed by atoms with van der Waals surface area (Å²) in [6.45, 7) is 2.16. The first kappa shape index (κ1) is 21.7. The van der Waals surface area contributed by atoms with E-state index in [9.17, 15) is 18.8 Å². The SMILES string of the molecule is Cc1c(C(=O)C(=O)NC2(C3=CNNN3)CC2)c2n(c1C(=O)Nc1cc(F)cc(C#N)c1)CCC2. The lowest BCUT2D eigenvalue weighted by Crippen LogP contribution is -2.46. The largest absolute Gasteiger partial charge is 0.340 e. The van der Waals surface area contributed by atoms with Crippen molar-refractivity contribution in [3.63, 3.8) is 0 Å². The third-order valence-corrected chi connectivity index (χ3v) is 6.45. The Kier molecular flexibility index (Phi) is 5.10. The summed E-state index contributed by atoms with van der Waals surface area (Å²) >= 11 is 0. The second-order valence-electron chi connectivity index (χ2n) is 8.66. The van der Waals surface area contributed by atoms with Gasteiger partial charge in [0.25, 0.3) is 17.6 Å². The van der Waals surface area contributed by atoms with E-state index in [4.69, 9.17) is 5.26 Å². The van der Waals surface area contributed by atoms with Crippen molar-refractivity contribution < 1.29 is 18.8 Å². The molecule has 0 spiro atoms. The quantitative estimate of drug-likeness (QED) is 0.321. The summed E-state index contributed by atoms with van der Waals surface area (Å²) in [4.78, 5) is 39.3. The standard InChI is InChI=1S/C23H22FN7O3/c1-12-18(20(32)22(34)28-23(4-5-23)17-11-26-30-29-17)16-3-2-6-31(16)19(12)21(33)27-15-8-13(10-25)7-14(24)9-15/h7-9,11,26,29-30H,2-6H2,1H3,(H,27,33)(H,28,34). The first-order chi connectivity index (χ1) is 16.3. The molecule has 11 heteroatoms. The number of amides is 2. The molecule has 1 saturated carbocycles. The number of carbonyl (C=O) groups excluding carboxylic acids is 3. The number of aromatic nitrogens is 1.